The Hall–Kier alpha value is -2.09. The average Bonchev–Trinajstić information content (AvgIpc) is 2.73. The lowest BCUT2D eigenvalue weighted by Gasteiger charge is -2.32. The Balaban J connectivity index is 1.99. The number of rotatable bonds is 11. The first-order valence-electron chi connectivity index (χ1n) is 11.0. The fraction of sp³-hybridized carbons (Fsp3) is 0.682. The second kappa shape index (κ2) is 13.3. The van der Waals surface area contributed by atoms with Crippen LogP contribution in [0.25, 0.3) is 0 Å². The van der Waals surface area contributed by atoms with Gasteiger partial charge in [-0.3, -0.25) is 0 Å². The topological polar surface area (TPSA) is 58.1 Å². The third-order valence-corrected chi connectivity index (χ3v) is 5.12. The molecule has 0 radical (unpaired) electrons. The third kappa shape index (κ3) is 7.97. The number of alkyl halides is 2. The number of nitrogens with zero attached hydrogens (tertiary/aromatic N) is 2. The number of nitrogens with one attached hydrogen (secondary N) is 2. The number of aliphatic imine (C=N–C) groups is 1. The van der Waals surface area contributed by atoms with Gasteiger partial charge in [-0.05, 0) is 64.7 Å². The maximum absolute atomic E-state index is 12.9. The molecule has 0 atom stereocenters. The first-order valence-corrected chi connectivity index (χ1v) is 11.0. The summed E-state index contributed by atoms with van der Waals surface area (Å²) in [5.41, 5.74) is 0.561. The summed E-state index contributed by atoms with van der Waals surface area (Å²) in [6, 6.07) is 5.12. The predicted octanol–water partition coefficient (Wildman–Crippen LogP) is 3.86. The Kier molecular flexibility index (Phi) is 10.7. The van der Waals surface area contributed by atoms with Gasteiger partial charge in [0.1, 0.15) is 0 Å². The van der Waals surface area contributed by atoms with Crippen LogP contribution in [0.3, 0.4) is 0 Å². The van der Waals surface area contributed by atoms with E-state index >= 15 is 0 Å². The fourth-order valence-corrected chi connectivity index (χ4v) is 3.66. The van der Waals surface area contributed by atoms with Gasteiger partial charge < -0.3 is 25.0 Å². The van der Waals surface area contributed by atoms with E-state index in [0.29, 0.717) is 29.8 Å². The number of piperidine rings is 1. The van der Waals surface area contributed by atoms with Crippen molar-refractivity contribution in [1.29, 1.82) is 0 Å². The lowest BCUT2D eigenvalue weighted by atomic mass is 9.97. The summed E-state index contributed by atoms with van der Waals surface area (Å²) < 4.78 is 36.0. The maximum Gasteiger partial charge on any atom is 0.387 e. The van der Waals surface area contributed by atoms with Crippen molar-refractivity contribution in [2.75, 3.05) is 39.3 Å². The lowest BCUT2D eigenvalue weighted by Crippen LogP contribution is -2.43. The Morgan fingerprint density at radius 1 is 1.20 bits per heavy atom. The number of para-hydroxylation sites is 1. The summed E-state index contributed by atoms with van der Waals surface area (Å²) in [7, 11) is 0. The Labute approximate surface area is 179 Å². The molecule has 0 saturated carbocycles. The van der Waals surface area contributed by atoms with Crippen LogP contribution in [0, 0.1) is 5.92 Å². The summed E-state index contributed by atoms with van der Waals surface area (Å²) in [6.45, 7) is 8.73. The molecule has 1 aliphatic heterocycles. The number of ether oxygens (including phenoxy) is 2. The first kappa shape index (κ1) is 24.2. The molecule has 1 saturated heterocycles. The summed E-state index contributed by atoms with van der Waals surface area (Å²) in [5.74, 6) is 1.65. The summed E-state index contributed by atoms with van der Waals surface area (Å²) in [4.78, 5) is 7.10. The number of hydrogen-bond donors (Lipinski definition) is 2. The van der Waals surface area contributed by atoms with Crippen LogP contribution in [-0.4, -0.2) is 56.8 Å². The van der Waals surface area contributed by atoms with Crippen LogP contribution in [0.4, 0.5) is 8.78 Å². The van der Waals surface area contributed by atoms with Gasteiger partial charge in [0, 0.05) is 18.7 Å². The molecule has 1 aromatic rings. The molecule has 170 valence electrons. The van der Waals surface area contributed by atoms with Crippen LogP contribution >= 0.6 is 0 Å². The van der Waals surface area contributed by atoms with Crippen molar-refractivity contribution >= 4 is 5.96 Å². The van der Waals surface area contributed by atoms with Crippen molar-refractivity contribution in [2.24, 2.45) is 10.9 Å². The van der Waals surface area contributed by atoms with Gasteiger partial charge in [0.2, 0.25) is 0 Å². The van der Waals surface area contributed by atoms with Crippen LogP contribution in [0.2, 0.25) is 0 Å². The van der Waals surface area contributed by atoms with Gasteiger partial charge in [-0.15, -0.1) is 0 Å². The monoisotopic (exact) mass is 426 g/mol. The zero-order chi connectivity index (χ0) is 21.8. The highest BCUT2D eigenvalue weighted by Crippen LogP contribution is 2.33. The molecule has 2 rings (SSSR count). The van der Waals surface area contributed by atoms with Gasteiger partial charge in [0.05, 0.1) is 13.2 Å². The number of guanidine groups is 1. The van der Waals surface area contributed by atoms with E-state index in [4.69, 9.17) is 9.47 Å². The van der Waals surface area contributed by atoms with Crippen molar-refractivity contribution in [3.63, 3.8) is 0 Å². The molecule has 0 unspecified atom stereocenters. The number of benzene rings is 1. The molecule has 6 nitrogen and oxygen atoms in total. The smallest absolute Gasteiger partial charge is 0.387 e. The summed E-state index contributed by atoms with van der Waals surface area (Å²) in [5, 5.41) is 6.64. The van der Waals surface area contributed by atoms with Gasteiger partial charge in [-0.1, -0.05) is 19.1 Å². The van der Waals surface area contributed by atoms with E-state index in [0.717, 1.165) is 26.2 Å². The number of halogens is 2. The third-order valence-electron chi connectivity index (χ3n) is 5.12. The van der Waals surface area contributed by atoms with Gasteiger partial charge in [-0.2, -0.15) is 8.78 Å². The van der Waals surface area contributed by atoms with Crippen LogP contribution in [-0.2, 0) is 6.54 Å². The second-order valence-electron chi connectivity index (χ2n) is 7.42. The number of hydrogen-bond acceptors (Lipinski definition) is 4. The zero-order valence-electron chi connectivity index (χ0n) is 18.4. The molecule has 2 N–H and O–H groups in total. The van der Waals surface area contributed by atoms with Gasteiger partial charge in [0.25, 0.3) is 0 Å². The Bertz CT molecular complexity index is 650. The van der Waals surface area contributed by atoms with Gasteiger partial charge in [-0.25, -0.2) is 4.99 Å². The van der Waals surface area contributed by atoms with Crippen molar-refractivity contribution in [2.45, 2.75) is 53.2 Å². The summed E-state index contributed by atoms with van der Waals surface area (Å²) in [6.07, 6.45) is 3.55. The molecule has 1 heterocycles. The normalized spacial score (nSPS) is 16.0. The van der Waals surface area contributed by atoms with E-state index in [9.17, 15) is 8.78 Å². The molecule has 1 aliphatic rings. The lowest BCUT2D eigenvalue weighted by molar-refractivity contribution is -0.0520. The average molecular weight is 427 g/mol. The molecular formula is C22H36F2N4O2. The van der Waals surface area contributed by atoms with Gasteiger partial charge in [0.15, 0.2) is 17.5 Å². The van der Waals surface area contributed by atoms with Crippen molar-refractivity contribution < 1.29 is 18.3 Å². The highest BCUT2D eigenvalue weighted by molar-refractivity contribution is 5.79. The molecule has 8 heteroatoms. The van der Waals surface area contributed by atoms with E-state index in [1.807, 2.05) is 6.92 Å². The van der Waals surface area contributed by atoms with Crippen LogP contribution in [0.1, 0.15) is 45.6 Å². The highest BCUT2D eigenvalue weighted by Gasteiger charge is 2.19. The Morgan fingerprint density at radius 2 is 1.97 bits per heavy atom. The maximum atomic E-state index is 12.9. The van der Waals surface area contributed by atoms with Crippen molar-refractivity contribution in [3.05, 3.63) is 23.8 Å². The fourth-order valence-electron chi connectivity index (χ4n) is 3.66. The molecule has 0 bridgehead atoms. The predicted molar refractivity (Wildman–Crippen MR) is 117 cm³/mol. The molecule has 0 aliphatic carbocycles. The SMILES string of the molecule is CCCN1CCC(CNC(=NCc2cccc(OCC)c2OC(F)F)NCC)CC1. The van der Waals surface area contributed by atoms with E-state index < -0.39 is 6.61 Å². The van der Waals surface area contributed by atoms with Gasteiger partial charge >= 0.3 is 6.61 Å². The minimum Gasteiger partial charge on any atom is -0.490 e. The molecule has 0 aromatic heterocycles. The quantitative estimate of drug-likeness (QED) is 0.416. The standard InChI is InChI=1S/C22H36F2N4O2/c1-4-12-28-13-10-17(11-14-28)15-26-22(25-5-2)27-16-18-8-7-9-19(29-6-3)20(18)30-21(23)24/h7-9,17,21H,4-6,10-16H2,1-3H3,(H2,25,26,27). The van der Waals surface area contributed by atoms with Crippen LogP contribution < -0.4 is 20.1 Å². The second-order valence-corrected chi connectivity index (χ2v) is 7.42. The van der Waals surface area contributed by atoms with E-state index in [1.54, 1.807) is 25.1 Å². The highest BCUT2D eigenvalue weighted by atomic mass is 19.3. The van der Waals surface area contributed by atoms with Crippen LogP contribution in [0.15, 0.2) is 23.2 Å². The van der Waals surface area contributed by atoms with Crippen LogP contribution in [0.5, 0.6) is 11.5 Å². The minimum absolute atomic E-state index is 0.0530. The molecule has 0 amide bonds. The molecular weight excluding hydrogens is 390 g/mol. The Morgan fingerprint density at radius 3 is 2.60 bits per heavy atom. The molecule has 0 spiro atoms. The molecule has 1 fully saturated rings. The number of likely N-dealkylation sites (tertiary alicyclic amines) is 1. The van der Waals surface area contributed by atoms with Crippen molar-refractivity contribution in [3.8, 4) is 11.5 Å². The summed E-state index contributed by atoms with van der Waals surface area (Å²) >= 11 is 0. The first-order chi connectivity index (χ1) is 14.6. The minimum atomic E-state index is -2.92. The van der Waals surface area contributed by atoms with Crippen molar-refractivity contribution in [1.82, 2.24) is 15.5 Å². The zero-order valence-corrected chi connectivity index (χ0v) is 18.4. The molecule has 1 aromatic carbocycles. The largest absolute Gasteiger partial charge is 0.490 e. The van der Waals surface area contributed by atoms with E-state index in [-0.39, 0.29) is 12.3 Å². The van der Waals surface area contributed by atoms with E-state index in [1.165, 1.54) is 25.8 Å². The molecule has 30 heavy (non-hydrogen) atoms. The van der Waals surface area contributed by atoms with E-state index in [2.05, 4.69) is 27.4 Å².